The van der Waals surface area contributed by atoms with E-state index >= 15 is 0 Å². The summed E-state index contributed by atoms with van der Waals surface area (Å²) in [5.74, 6) is 0.724. The summed E-state index contributed by atoms with van der Waals surface area (Å²) in [4.78, 5) is 6.56. The van der Waals surface area contributed by atoms with Crippen molar-refractivity contribution in [2.75, 3.05) is 19.0 Å². The summed E-state index contributed by atoms with van der Waals surface area (Å²) in [6.45, 7) is 7.68. The van der Waals surface area contributed by atoms with Crippen molar-refractivity contribution in [3.05, 3.63) is 24.0 Å². The molecule has 17 heavy (non-hydrogen) atoms. The first-order valence-corrected chi connectivity index (χ1v) is 6.36. The molecule has 1 N–H and O–H groups in total. The Kier molecular flexibility index (Phi) is 5.42. The van der Waals surface area contributed by atoms with E-state index in [-0.39, 0.29) is 0 Å². The lowest BCUT2D eigenvalue weighted by Gasteiger charge is -2.30. The first-order valence-electron chi connectivity index (χ1n) is 6.36. The van der Waals surface area contributed by atoms with Gasteiger partial charge in [0, 0.05) is 43.3 Å². The highest BCUT2D eigenvalue weighted by Crippen LogP contribution is 2.22. The number of nitrogens with one attached hydrogen (secondary N) is 1. The molecule has 1 aromatic heterocycles. The van der Waals surface area contributed by atoms with Gasteiger partial charge in [-0.1, -0.05) is 13.8 Å². The van der Waals surface area contributed by atoms with Crippen molar-refractivity contribution in [1.29, 1.82) is 0 Å². The lowest BCUT2D eigenvalue weighted by Crippen LogP contribution is -2.31. The fraction of sp³-hybridized carbons (Fsp3) is 0.643. The molecule has 0 aromatic carbocycles. The van der Waals surface area contributed by atoms with Crippen LogP contribution in [-0.4, -0.2) is 25.1 Å². The number of hydrogen-bond acceptors (Lipinski definition) is 3. The SMILES string of the molecule is CNCc1cnccc1N(C)C(C)CC(C)C. The van der Waals surface area contributed by atoms with E-state index < -0.39 is 0 Å². The highest BCUT2D eigenvalue weighted by atomic mass is 15.1. The van der Waals surface area contributed by atoms with Gasteiger partial charge in [-0.3, -0.25) is 4.98 Å². The average Bonchev–Trinajstić information content (AvgIpc) is 2.28. The van der Waals surface area contributed by atoms with Crippen LogP contribution in [0.25, 0.3) is 0 Å². The Bertz CT molecular complexity index is 336. The summed E-state index contributed by atoms with van der Waals surface area (Å²) < 4.78 is 0. The molecule has 1 unspecified atom stereocenters. The van der Waals surface area contributed by atoms with Crippen LogP contribution in [0.2, 0.25) is 0 Å². The topological polar surface area (TPSA) is 28.2 Å². The lowest BCUT2D eigenvalue weighted by atomic mass is 10.0. The second-order valence-electron chi connectivity index (χ2n) is 5.12. The largest absolute Gasteiger partial charge is 0.372 e. The van der Waals surface area contributed by atoms with Gasteiger partial charge in [-0.25, -0.2) is 0 Å². The molecule has 0 amide bonds. The number of rotatable bonds is 6. The Labute approximate surface area is 105 Å². The van der Waals surface area contributed by atoms with Gasteiger partial charge >= 0.3 is 0 Å². The van der Waals surface area contributed by atoms with Crippen LogP contribution in [0.15, 0.2) is 18.5 Å². The molecule has 3 nitrogen and oxygen atoms in total. The minimum Gasteiger partial charge on any atom is -0.372 e. The van der Waals surface area contributed by atoms with E-state index in [9.17, 15) is 0 Å². The van der Waals surface area contributed by atoms with E-state index in [1.54, 1.807) is 0 Å². The molecule has 0 radical (unpaired) electrons. The van der Waals surface area contributed by atoms with Crippen molar-refractivity contribution in [3.63, 3.8) is 0 Å². The van der Waals surface area contributed by atoms with Gasteiger partial charge in [-0.05, 0) is 32.4 Å². The molecular weight excluding hydrogens is 210 g/mol. The summed E-state index contributed by atoms with van der Waals surface area (Å²) in [5.41, 5.74) is 2.54. The zero-order chi connectivity index (χ0) is 12.8. The zero-order valence-electron chi connectivity index (χ0n) is 11.7. The summed E-state index contributed by atoms with van der Waals surface area (Å²) >= 11 is 0. The molecule has 1 aromatic rings. The third kappa shape index (κ3) is 4.00. The molecular formula is C14H25N3. The third-order valence-electron chi connectivity index (χ3n) is 3.10. The van der Waals surface area contributed by atoms with E-state index in [0.717, 1.165) is 12.5 Å². The highest BCUT2D eigenvalue weighted by Gasteiger charge is 2.14. The fourth-order valence-corrected chi connectivity index (χ4v) is 2.17. The number of anilines is 1. The number of pyridine rings is 1. The molecule has 0 saturated heterocycles. The Morgan fingerprint density at radius 1 is 1.35 bits per heavy atom. The summed E-state index contributed by atoms with van der Waals surface area (Å²) in [7, 11) is 4.13. The maximum Gasteiger partial charge on any atom is 0.0442 e. The van der Waals surface area contributed by atoms with Gasteiger partial charge in [0.1, 0.15) is 0 Å². The van der Waals surface area contributed by atoms with Crippen LogP contribution in [-0.2, 0) is 6.54 Å². The van der Waals surface area contributed by atoms with Gasteiger partial charge in [0.25, 0.3) is 0 Å². The second-order valence-corrected chi connectivity index (χ2v) is 5.12. The van der Waals surface area contributed by atoms with Crippen molar-refractivity contribution in [2.45, 2.75) is 39.8 Å². The van der Waals surface area contributed by atoms with Crippen molar-refractivity contribution in [1.82, 2.24) is 10.3 Å². The molecule has 0 fully saturated rings. The second kappa shape index (κ2) is 6.60. The Morgan fingerprint density at radius 2 is 2.06 bits per heavy atom. The van der Waals surface area contributed by atoms with Gasteiger partial charge in [0.15, 0.2) is 0 Å². The minimum atomic E-state index is 0.549. The van der Waals surface area contributed by atoms with Gasteiger partial charge in [0.05, 0.1) is 0 Å². The van der Waals surface area contributed by atoms with Crippen LogP contribution in [0.3, 0.4) is 0 Å². The molecule has 0 saturated carbocycles. The molecule has 3 heteroatoms. The van der Waals surface area contributed by atoms with Gasteiger partial charge < -0.3 is 10.2 Å². The van der Waals surface area contributed by atoms with Crippen molar-refractivity contribution in [2.24, 2.45) is 5.92 Å². The van der Waals surface area contributed by atoms with Crippen LogP contribution >= 0.6 is 0 Å². The van der Waals surface area contributed by atoms with Gasteiger partial charge in [-0.15, -0.1) is 0 Å². The van der Waals surface area contributed by atoms with Crippen LogP contribution in [0.1, 0.15) is 32.8 Å². The Hall–Kier alpha value is -1.09. The van der Waals surface area contributed by atoms with Crippen LogP contribution in [0.4, 0.5) is 5.69 Å². The quantitative estimate of drug-likeness (QED) is 0.821. The molecule has 1 heterocycles. The van der Waals surface area contributed by atoms with Gasteiger partial charge in [-0.2, -0.15) is 0 Å². The summed E-state index contributed by atoms with van der Waals surface area (Å²) in [6.07, 6.45) is 5.02. The number of nitrogens with zero attached hydrogens (tertiary/aromatic N) is 2. The van der Waals surface area contributed by atoms with Crippen molar-refractivity contribution in [3.8, 4) is 0 Å². The van der Waals surface area contributed by atoms with E-state index in [1.807, 2.05) is 19.4 Å². The van der Waals surface area contributed by atoms with Crippen molar-refractivity contribution >= 4 is 5.69 Å². The van der Waals surface area contributed by atoms with E-state index in [0.29, 0.717) is 6.04 Å². The molecule has 0 aliphatic carbocycles. The van der Waals surface area contributed by atoms with Crippen LogP contribution in [0.5, 0.6) is 0 Å². The maximum absolute atomic E-state index is 4.20. The molecule has 0 aliphatic rings. The zero-order valence-corrected chi connectivity index (χ0v) is 11.7. The number of aromatic nitrogens is 1. The van der Waals surface area contributed by atoms with Crippen LogP contribution in [0, 0.1) is 5.92 Å². The first-order chi connectivity index (χ1) is 8.06. The minimum absolute atomic E-state index is 0.549. The standard InChI is InChI=1S/C14H25N3/c1-11(2)8-12(3)17(5)14-6-7-16-10-13(14)9-15-4/h6-7,10-12,15H,8-9H2,1-5H3. The molecule has 1 rings (SSSR count). The Morgan fingerprint density at radius 3 is 2.65 bits per heavy atom. The molecule has 0 spiro atoms. The predicted octanol–water partition coefficient (Wildman–Crippen LogP) is 2.67. The third-order valence-corrected chi connectivity index (χ3v) is 3.10. The van der Waals surface area contributed by atoms with E-state index in [2.05, 4.69) is 49.1 Å². The number of hydrogen-bond donors (Lipinski definition) is 1. The monoisotopic (exact) mass is 235 g/mol. The Balaban J connectivity index is 2.83. The lowest BCUT2D eigenvalue weighted by molar-refractivity contribution is 0.503. The maximum atomic E-state index is 4.20. The predicted molar refractivity (Wildman–Crippen MR) is 74.3 cm³/mol. The average molecular weight is 235 g/mol. The van der Waals surface area contributed by atoms with Crippen molar-refractivity contribution < 1.29 is 0 Å². The molecule has 96 valence electrons. The highest BCUT2D eigenvalue weighted by molar-refractivity contribution is 5.52. The van der Waals surface area contributed by atoms with Crippen LogP contribution < -0.4 is 10.2 Å². The molecule has 0 bridgehead atoms. The summed E-state index contributed by atoms with van der Waals surface area (Å²) in [5, 5.41) is 3.19. The smallest absolute Gasteiger partial charge is 0.0442 e. The normalized spacial score (nSPS) is 12.8. The summed E-state index contributed by atoms with van der Waals surface area (Å²) in [6, 6.07) is 2.65. The van der Waals surface area contributed by atoms with E-state index in [4.69, 9.17) is 0 Å². The van der Waals surface area contributed by atoms with Gasteiger partial charge in [0.2, 0.25) is 0 Å². The van der Waals surface area contributed by atoms with E-state index in [1.165, 1.54) is 17.7 Å². The molecule has 0 aliphatic heterocycles. The first kappa shape index (κ1) is 14.0. The molecule has 1 atom stereocenters. The fourth-order valence-electron chi connectivity index (χ4n) is 2.17.